The van der Waals surface area contributed by atoms with Crippen molar-refractivity contribution in [2.75, 3.05) is 46.3 Å². The van der Waals surface area contributed by atoms with Gasteiger partial charge in [0.05, 0.1) is 18.0 Å². The maximum Gasteiger partial charge on any atom is 0.416 e. The lowest BCUT2D eigenvalue weighted by atomic mass is 10.0. The number of nitrogens with zero attached hydrogens (tertiary/aromatic N) is 2. The second-order valence-electron chi connectivity index (χ2n) is 9.95. The predicted octanol–water partition coefficient (Wildman–Crippen LogP) is 0.475. The Kier molecular flexibility index (Phi) is 14.1. The molecule has 0 fully saturated rings. The fraction of sp³-hybridized carbons (Fsp3) is 0.448. The third-order valence-corrected chi connectivity index (χ3v) is 6.64. The summed E-state index contributed by atoms with van der Waals surface area (Å²) in [5.74, 6) is -2.10. The Hall–Kier alpha value is -4.01. The summed E-state index contributed by atoms with van der Waals surface area (Å²) in [5.41, 5.74) is 17.2. The Labute approximate surface area is 248 Å². The Morgan fingerprint density at radius 3 is 2.07 bits per heavy atom. The van der Waals surface area contributed by atoms with Gasteiger partial charge in [0.15, 0.2) is 0 Å². The van der Waals surface area contributed by atoms with Crippen molar-refractivity contribution >= 4 is 23.6 Å². The number of hydrogen-bond acceptors (Lipinski definition) is 7. The van der Waals surface area contributed by atoms with Crippen LogP contribution in [0.4, 0.5) is 13.2 Å². The minimum Gasteiger partial charge on any atom is -0.350 e. The molecule has 2 atom stereocenters. The van der Waals surface area contributed by atoms with E-state index in [4.69, 9.17) is 17.2 Å². The highest BCUT2D eigenvalue weighted by Gasteiger charge is 2.30. The van der Waals surface area contributed by atoms with Crippen LogP contribution in [-0.2, 0) is 27.0 Å². The van der Waals surface area contributed by atoms with Crippen molar-refractivity contribution in [2.24, 2.45) is 17.2 Å². The van der Waals surface area contributed by atoms with Crippen LogP contribution < -0.4 is 27.8 Å². The molecule has 0 heterocycles. The van der Waals surface area contributed by atoms with Gasteiger partial charge in [0.2, 0.25) is 17.7 Å². The van der Waals surface area contributed by atoms with Gasteiger partial charge in [0, 0.05) is 51.9 Å². The van der Waals surface area contributed by atoms with Crippen LogP contribution in [0.2, 0.25) is 0 Å². The second kappa shape index (κ2) is 17.2. The summed E-state index contributed by atoms with van der Waals surface area (Å²) in [6.07, 6.45) is -4.11. The molecule has 14 heteroatoms. The molecule has 2 aromatic rings. The summed E-state index contributed by atoms with van der Waals surface area (Å²) in [4.78, 5) is 54.0. The Morgan fingerprint density at radius 2 is 1.51 bits per heavy atom. The Morgan fingerprint density at radius 1 is 0.907 bits per heavy atom. The number of carbonyl (C=O) groups is 4. The maximum atomic E-state index is 13.3. The van der Waals surface area contributed by atoms with Crippen molar-refractivity contribution in [3.63, 3.8) is 0 Å². The number of halogens is 3. The van der Waals surface area contributed by atoms with Gasteiger partial charge in [-0.1, -0.05) is 30.3 Å². The molecule has 2 aromatic carbocycles. The van der Waals surface area contributed by atoms with Crippen molar-refractivity contribution in [3.8, 4) is 0 Å². The van der Waals surface area contributed by atoms with Crippen LogP contribution in [0.5, 0.6) is 0 Å². The lowest BCUT2D eigenvalue weighted by Crippen LogP contribution is -2.54. The second-order valence-corrected chi connectivity index (χ2v) is 9.95. The monoisotopic (exact) mass is 607 g/mol. The zero-order chi connectivity index (χ0) is 32.0. The van der Waals surface area contributed by atoms with E-state index in [0.29, 0.717) is 6.42 Å². The highest BCUT2D eigenvalue weighted by Crippen LogP contribution is 2.29. The third kappa shape index (κ3) is 11.7. The summed E-state index contributed by atoms with van der Waals surface area (Å²) in [6.45, 7) is 1.04. The van der Waals surface area contributed by atoms with E-state index in [1.807, 2.05) is 30.3 Å². The number of nitrogens with one attached hydrogen (secondary N) is 2. The average Bonchev–Trinajstić information content (AvgIpc) is 2.98. The molecule has 0 bridgehead atoms. The van der Waals surface area contributed by atoms with E-state index < -0.39 is 41.5 Å². The van der Waals surface area contributed by atoms with Crippen molar-refractivity contribution < 1.29 is 32.3 Å². The van der Waals surface area contributed by atoms with Crippen LogP contribution in [-0.4, -0.2) is 91.8 Å². The molecule has 11 nitrogen and oxygen atoms in total. The van der Waals surface area contributed by atoms with Crippen LogP contribution in [0.1, 0.15) is 34.3 Å². The number of benzene rings is 2. The molecule has 2 rings (SSSR count). The number of alkyl halides is 3. The van der Waals surface area contributed by atoms with E-state index in [2.05, 4.69) is 10.6 Å². The van der Waals surface area contributed by atoms with E-state index >= 15 is 0 Å². The van der Waals surface area contributed by atoms with Gasteiger partial charge in [-0.25, -0.2) is 0 Å². The maximum absolute atomic E-state index is 13.3. The standard InChI is InChI=1S/C29H40F3N7O4/c1-38(18-15-36-26(41)21-8-10-22(11-9-21)29(30,31)32)28(43)24(12-7-20-5-3-2-4-6-20)37-27(42)23(35)19-25(40)39(16-13-33)17-14-34/h2-6,8-11,23-24H,7,12-19,33-35H2,1H3,(H,36,41)(H,37,42). The predicted molar refractivity (Wildman–Crippen MR) is 155 cm³/mol. The molecule has 43 heavy (non-hydrogen) atoms. The zero-order valence-electron chi connectivity index (χ0n) is 24.1. The molecule has 0 aliphatic rings. The molecule has 4 amide bonds. The topological polar surface area (TPSA) is 177 Å². The molecular weight excluding hydrogens is 567 g/mol. The summed E-state index contributed by atoms with van der Waals surface area (Å²) >= 11 is 0. The summed E-state index contributed by atoms with van der Waals surface area (Å²) < 4.78 is 38.3. The van der Waals surface area contributed by atoms with Crippen molar-refractivity contribution in [1.29, 1.82) is 0 Å². The molecule has 0 aromatic heterocycles. The smallest absolute Gasteiger partial charge is 0.350 e. The number of carbonyl (C=O) groups excluding carboxylic acids is 4. The van der Waals surface area contributed by atoms with Gasteiger partial charge in [-0.05, 0) is 42.7 Å². The minimum atomic E-state index is -4.51. The highest BCUT2D eigenvalue weighted by atomic mass is 19.4. The Bertz CT molecular complexity index is 1190. The molecule has 0 spiro atoms. The van der Waals surface area contributed by atoms with Crippen molar-refractivity contribution in [1.82, 2.24) is 20.4 Å². The largest absolute Gasteiger partial charge is 0.416 e. The van der Waals surface area contributed by atoms with E-state index in [-0.39, 0.29) is 63.6 Å². The third-order valence-electron chi connectivity index (χ3n) is 6.64. The van der Waals surface area contributed by atoms with Gasteiger partial charge in [-0.2, -0.15) is 13.2 Å². The van der Waals surface area contributed by atoms with Gasteiger partial charge in [-0.15, -0.1) is 0 Å². The van der Waals surface area contributed by atoms with E-state index in [1.54, 1.807) is 0 Å². The zero-order valence-corrected chi connectivity index (χ0v) is 24.1. The number of hydrogen-bond donors (Lipinski definition) is 5. The van der Waals surface area contributed by atoms with Crippen LogP contribution in [0.25, 0.3) is 0 Å². The van der Waals surface area contributed by atoms with E-state index in [1.165, 1.54) is 16.8 Å². The van der Waals surface area contributed by atoms with Gasteiger partial charge >= 0.3 is 6.18 Å². The molecule has 8 N–H and O–H groups in total. The molecular formula is C29H40F3N7O4. The summed E-state index contributed by atoms with van der Waals surface area (Å²) in [5, 5.41) is 5.23. The van der Waals surface area contributed by atoms with Crippen molar-refractivity contribution in [3.05, 3.63) is 71.3 Å². The fourth-order valence-electron chi connectivity index (χ4n) is 4.20. The van der Waals surface area contributed by atoms with Crippen LogP contribution in [0, 0.1) is 0 Å². The van der Waals surface area contributed by atoms with Gasteiger partial charge in [0.1, 0.15) is 6.04 Å². The highest BCUT2D eigenvalue weighted by molar-refractivity contribution is 5.94. The molecule has 0 aliphatic carbocycles. The van der Waals surface area contributed by atoms with Crippen molar-refractivity contribution in [2.45, 2.75) is 37.5 Å². The lowest BCUT2D eigenvalue weighted by Gasteiger charge is -2.27. The first kappa shape index (κ1) is 35.2. The molecule has 236 valence electrons. The average molecular weight is 608 g/mol. The van der Waals surface area contributed by atoms with E-state index in [9.17, 15) is 32.3 Å². The number of rotatable bonds is 16. The first-order valence-electron chi connectivity index (χ1n) is 13.9. The van der Waals surface area contributed by atoms with E-state index in [0.717, 1.165) is 29.8 Å². The molecule has 0 saturated carbocycles. The number of aryl methyl sites for hydroxylation is 1. The normalized spacial score (nSPS) is 12.6. The molecule has 0 aliphatic heterocycles. The first-order valence-corrected chi connectivity index (χ1v) is 13.9. The summed E-state index contributed by atoms with van der Waals surface area (Å²) in [7, 11) is 1.50. The van der Waals surface area contributed by atoms with Crippen LogP contribution in [0.15, 0.2) is 54.6 Å². The van der Waals surface area contributed by atoms with Gasteiger partial charge in [0.25, 0.3) is 5.91 Å². The Balaban J connectivity index is 2.01. The number of likely N-dealkylation sites (N-methyl/N-ethyl adjacent to an activating group) is 1. The molecule has 0 radical (unpaired) electrons. The van der Waals surface area contributed by atoms with Crippen LogP contribution in [0.3, 0.4) is 0 Å². The van der Waals surface area contributed by atoms with Gasteiger partial charge < -0.3 is 37.6 Å². The fourth-order valence-corrected chi connectivity index (χ4v) is 4.20. The summed E-state index contributed by atoms with van der Waals surface area (Å²) in [6, 6.07) is 10.9. The minimum absolute atomic E-state index is 0.00752. The first-order chi connectivity index (χ1) is 20.4. The lowest BCUT2D eigenvalue weighted by molar-refractivity contribution is -0.138. The number of amides is 4. The molecule has 0 saturated heterocycles. The van der Waals surface area contributed by atoms with Crippen LogP contribution >= 0.6 is 0 Å². The molecule has 2 unspecified atom stereocenters. The quantitative estimate of drug-likeness (QED) is 0.184. The number of nitrogens with two attached hydrogens (primary N) is 3. The SMILES string of the molecule is CN(CCNC(=O)c1ccc(C(F)(F)F)cc1)C(=O)C(CCc1ccccc1)NC(=O)C(N)CC(=O)N(CCN)CCN. The van der Waals surface area contributed by atoms with Gasteiger partial charge in [-0.3, -0.25) is 19.2 Å².